The van der Waals surface area contributed by atoms with Crippen LogP contribution in [0.4, 0.5) is 5.82 Å². The van der Waals surface area contributed by atoms with Crippen LogP contribution in [0.15, 0.2) is 40.2 Å². The zero-order valence-corrected chi connectivity index (χ0v) is 10.7. The van der Waals surface area contributed by atoms with Gasteiger partial charge in [-0.2, -0.15) is 0 Å². The number of thioether (sulfide) groups is 1. The molecule has 2 heterocycles. The molecule has 6 heteroatoms. The minimum Gasteiger partial charge on any atom is -0.382 e. The van der Waals surface area contributed by atoms with Crippen molar-refractivity contribution >= 4 is 33.5 Å². The number of pyridine rings is 1. The largest absolute Gasteiger partial charge is 0.382 e. The lowest BCUT2D eigenvalue weighted by Gasteiger charge is -2.02. The summed E-state index contributed by atoms with van der Waals surface area (Å²) in [7, 11) is 0. The van der Waals surface area contributed by atoms with E-state index in [1.54, 1.807) is 30.4 Å². The van der Waals surface area contributed by atoms with Gasteiger partial charge in [0.05, 0.1) is 18.1 Å². The number of rotatable bonds is 3. The molecule has 0 aliphatic carbocycles. The summed E-state index contributed by atoms with van der Waals surface area (Å²) in [6.07, 6.45) is 5.00. The molecule has 0 amide bonds. The Morgan fingerprint density at radius 2 is 2.12 bits per heavy atom. The van der Waals surface area contributed by atoms with Crippen molar-refractivity contribution in [3.63, 3.8) is 0 Å². The zero-order chi connectivity index (χ0) is 11.4. The molecule has 4 nitrogen and oxygen atoms in total. The van der Waals surface area contributed by atoms with Gasteiger partial charge in [0.1, 0.15) is 10.8 Å². The summed E-state index contributed by atoms with van der Waals surface area (Å²) in [6, 6.07) is 3.85. The van der Waals surface area contributed by atoms with Gasteiger partial charge in [0.2, 0.25) is 0 Å². The van der Waals surface area contributed by atoms with Crippen LogP contribution in [0.25, 0.3) is 0 Å². The monoisotopic (exact) mass is 296 g/mol. The molecule has 0 aliphatic rings. The molecule has 0 atom stereocenters. The van der Waals surface area contributed by atoms with Crippen LogP contribution in [0.1, 0.15) is 5.69 Å². The molecule has 0 fully saturated rings. The second kappa shape index (κ2) is 5.27. The normalized spacial score (nSPS) is 10.3. The van der Waals surface area contributed by atoms with Crippen LogP contribution in [0.3, 0.4) is 0 Å². The number of hydrogen-bond acceptors (Lipinski definition) is 5. The first-order valence-electron chi connectivity index (χ1n) is 4.55. The average molecular weight is 297 g/mol. The summed E-state index contributed by atoms with van der Waals surface area (Å²) in [5.41, 5.74) is 6.34. The third kappa shape index (κ3) is 2.93. The van der Waals surface area contributed by atoms with Gasteiger partial charge in [-0.1, -0.05) is 11.8 Å². The standard InChI is InChI=1S/C10H9BrN4S/c11-8-2-1-3-13-10(8)16-6-7-4-15-9(12)5-14-7/h1-5H,6H2,(H2,12,15). The third-order valence-corrected chi connectivity index (χ3v) is 3.75. The molecule has 0 radical (unpaired) electrons. The van der Waals surface area contributed by atoms with Crippen LogP contribution in [-0.4, -0.2) is 15.0 Å². The Morgan fingerprint density at radius 1 is 1.25 bits per heavy atom. The number of aromatic nitrogens is 3. The number of nitrogens with zero attached hydrogens (tertiary/aromatic N) is 3. The van der Waals surface area contributed by atoms with Crippen molar-refractivity contribution in [1.29, 1.82) is 0 Å². The second-order valence-electron chi connectivity index (χ2n) is 3.01. The van der Waals surface area contributed by atoms with Crippen LogP contribution in [0, 0.1) is 0 Å². The van der Waals surface area contributed by atoms with Crippen molar-refractivity contribution < 1.29 is 0 Å². The van der Waals surface area contributed by atoms with Gasteiger partial charge in [-0.05, 0) is 28.1 Å². The molecule has 2 aromatic rings. The Hall–Kier alpha value is -1.14. The summed E-state index contributed by atoms with van der Waals surface area (Å²) >= 11 is 5.05. The summed E-state index contributed by atoms with van der Waals surface area (Å²) in [5, 5.41) is 0.945. The van der Waals surface area contributed by atoms with E-state index in [1.807, 2.05) is 12.1 Å². The molecule has 0 bridgehead atoms. The highest BCUT2D eigenvalue weighted by atomic mass is 79.9. The van der Waals surface area contributed by atoms with E-state index in [-0.39, 0.29) is 0 Å². The van der Waals surface area contributed by atoms with Crippen molar-refractivity contribution in [3.05, 3.63) is 40.9 Å². The quantitative estimate of drug-likeness (QED) is 0.882. The van der Waals surface area contributed by atoms with Gasteiger partial charge in [-0.25, -0.2) is 9.97 Å². The van der Waals surface area contributed by atoms with E-state index >= 15 is 0 Å². The number of nitrogen functional groups attached to an aromatic ring is 1. The van der Waals surface area contributed by atoms with Gasteiger partial charge in [0.15, 0.2) is 0 Å². The fourth-order valence-corrected chi connectivity index (χ4v) is 2.43. The first-order valence-corrected chi connectivity index (χ1v) is 6.33. The summed E-state index contributed by atoms with van der Waals surface area (Å²) in [6.45, 7) is 0. The Morgan fingerprint density at radius 3 is 2.81 bits per heavy atom. The minimum atomic E-state index is 0.438. The third-order valence-electron chi connectivity index (χ3n) is 1.81. The van der Waals surface area contributed by atoms with E-state index in [2.05, 4.69) is 30.9 Å². The predicted octanol–water partition coefficient (Wildman–Crippen LogP) is 2.51. The Balaban J connectivity index is 2.02. The van der Waals surface area contributed by atoms with E-state index in [1.165, 1.54) is 0 Å². The lowest BCUT2D eigenvalue weighted by Crippen LogP contribution is -1.94. The SMILES string of the molecule is Nc1cnc(CSc2ncccc2Br)cn1. The fourth-order valence-electron chi connectivity index (χ4n) is 1.06. The maximum Gasteiger partial charge on any atom is 0.141 e. The summed E-state index contributed by atoms with van der Waals surface area (Å²) in [4.78, 5) is 12.4. The molecule has 0 aliphatic heterocycles. The van der Waals surface area contributed by atoms with Crippen LogP contribution in [0.2, 0.25) is 0 Å². The van der Waals surface area contributed by atoms with E-state index in [9.17, 15) is 0 Å². The number of halogens is 1. The molecule has 82 valence electrons. The topological polar surface area (TPSA) is 64.7 Å². The highest BCUT2D eigenvalue weighted by molar-refractivity contribution is 9.10. The Labute approximate surface area is 106 Å². The van der Waals surface area contributed by atoms with Crippen molar-refractivity contribution in [3.8, 4) is 0 Å². The van der Waals surface area contributed by atoms with E-state index in [4.69, 9.17) is 5.73 Å². The lowest BCUT2D eigenvalue weighted by molar-refractivity contribution is 1.08. The summed E-state index contributed by atoms with van der Waals surface area (Å²) < 4.78 is 0.989. The molecule has 2 aromatic heterocycles. The second-order valence-corrected chi connectivity index (χ2v) is 4.83. The van der Waals surface area contributed by atoms with Gasteiger partial charge >= 0.3 is 0 Å². The molecule has 0 aromatic carbocycles. The van der Waals surface area contributed by atoms with Gasteiger partial charge in [0.25, 0.3) is 0 Å². The van der Waals surface area contributed by atoms with Gasteiger partial charge in [-0.15, -0.1) is 0 Å². The van der Waals surface area contributed by atoms with Crippen molar-refractivity contribution in [2.45, 2.75) is 10.8 Å². The first kappa shape index (κ1) is 11.3. The highest BCUT2D eigenvalue weighted by Crippen LogP contribution is 2.26. The number of hydrogen-bond donors (Lipinski definition) is 1. The van der Waals surface area contributed by atoms with Gasteiger partial charge in [0, 0.05) is 16.4 Å². The van der Waals surface area contributed by atoms with Gasteiger partial charge in [-0.3, -0.25) is 4.98 Å². The van der Waals surface area contributed by atoms with E-state index in [0.717, 1.165) is 20.9 Å². The smallest absolute Gasteiger partial charge is 0.141 e. The molecule has 2 rings (SSSR count). The Bertz CT molecular complexity index is 475. The molecule has 0 saturated carbocycles. The lowest BCUT2D eigenvalue weighted by atomic mass is 10.5. The van der Waals surface area contributed by atoms with Crippen LogP contribution >= 0.6 is 27.7 Å². The minimum absolute atomic E-state index is 0.438. The number of nitrogens with two attached hydrogens (primary N) is 1. The van der Waals surface area contributed by atoms with Crippen molar-refractivity contribution in [1.82, 2.24) is 15.0 Å². The number of anilines is 1. The van der Waals surface area contributed by atoms with Gasteiger partial charge < -0.3 is 5.73 Å². The van der Waals surface area contributed by atoms with Crippen LogP contribution in [0.5, 0.6) is 0 Å². The molecule has 0 unspecified atom stereocenters. The highest BCUT2D eigenvalue weighted by Gasteiger charge is 2.02. The maximum absolute atomic E-state index is 5.46. The maximum atomic E-state index is 5.46. The zero-order valence-electron chi connectivity index (χ0n) is 8.30. The molecular weight excluding hydrogens is 288 g/mol. The van der Waals surface area contributed by atoms with Crippen LogP contribution in [-0.2, 0) is 5.75 Å². The molecular formula is C10H9BrN4S. The van der Waals surface area contributed by atoms with E-state index < -0.39 is 0 Å². The molecule has 2 N–H and O–H groups in total. The molecule has 0 saturated heterocycles. The fraction of sp³-hybridized carbons (Fsp3) is 0.100. The molecule has 0 spiro atoms. The van der Waals surface area contributed by atoms with Crippen molar-refractivity contribution in [2.24, 2.45) is 0 Å². The molecule has 16 heavy (non-hydrogen) atoms. The average Bonchev–Trinajstić information content (AvgIpc) is 2.30. The predicted molar refractivity (Wildman–Crippen MR) is 67.9 cm³/mol. The van der Waals surface area contributed by atoms with Crippen LogP contribution < -0.4 is 5.73 Å². The summed E-state index contributed by atoms with van der Waals surface area (Å²) in [5.74, 6) is 1.16. The first-order chi connectivity index (χ1) is 7.75. The Kier molecular flexibility index (Phi) is 3.74. The van der Waals surface area contributed by atoms with E-state index in [0.29, 0.717) is 5.82 Å². The van der Waals surface area contributed by atoms with Crippen molar-refractivity contribution in [2.75, 3.05) is 5.73 Å².